The third-order valence-electron chi connectivity index (χ3n) is 5.26. The van der Waals surface area contributed by atoms with Gasteiger partial charge in [0.1, 0.15) is 0 Å². The maximum Gasteiger partial charge on any atom is 0.237 e. The third-order valence-corrected chi connectivity index (χ3v) is 5.26. The molecule has 0 unspecified atom stereocenters. The Morgan fingerprint density at radius 3 is 3.00 bits per heavy atom. The van der Waals surface area contributed by atoms with Gasteiger partial charge < -0.3 is 15.6 Å². The number of amides is 2. The minimum atomic E-state index is -0.459. The molecule has 2 aromatic carbocycles. The zero-order valence-electron chi connectivity index (χ0n) is 16.4. The SMILES string of the molecule is Cc1cccc(CN2CCNC(=O)[C@@H]2CC(=O)NCc2ccc3nc[nH]c3c2)c1. The molecule has 1 aromatic heterocycles. The van der Waals surface area contributed by atoms with E-state index in [1.165, 1.54) is 5.56 Å². The van der Waals surface area contributed by atoms with Crippen LogP contribution in [0, 0.1) is 6.92 Å². The highest BCUT2D eigenvalue weighted by Crippen LogP contribution is 2.15. The van der Waals surface area contributed by atoms with Crippen LogP contribution in [0.3, 0.4) is 0 Å². The zero-order chi connectivity index (χ0) is 20.2. The number of hydrogen-bond acceptors (Lipinski definition) is 4. The number of piperazine rings is 1. The summed E-state index contributed by atoms with van der Waals surface area (Å²) in [5.74, 6) is -0.219. The van der Waals surface area contributed by atoms with Crippen LogP contribution in [0.2, 0.25) is 0 Å². The molecule has 3 aromatic rings. The Morgan fingerprint density at radius 2 is 2.14 bits per heavy atom. The lowest BCUT2D eigenvalue weighted by molar-refractivity contribution is -0.134. The van der Waals surface area contributed by atoms with Crippen molar-refractivity contribution in [2.24, 2.45) is 0 Å². The number of hydrogen-bond donors (Lipinski definition) is 3. The van der Waals surface area contributed by atoms with Crippen LogP contribution in [-0.4, -0.2) is 45.8 Å². The Hall–Kier alpha value is -3.19. The van der Waals surface area contributed by atoms with Crippen molar-refractivity contribution in [1.29, 1.82) is 0 Å². The number of carbonyl (C=O) groups excluding carboxylic acids is 2. The quantitative estimate of drug-likeness (QED) is 0.598. The van der Waals surface area contributed by atoms with E-state index in [9.17, 15) is 9.59 Å². The van der Waals surface area contributed by atoms with Gasteiger partial charge in [0.15, 0.2) is 0 Å². The van der Waals surface area contributed by atoms with Gasteiger partial charge in [0, 0.05) is 26.2 Å². The number of aryl methyl sites for hydroxylation is 1. The summed E-state index contributed by atoms with van der Waals surface area (Å²) in [6.45, 7) is 4.46. The molecule has 2 amide bonds. The fraction of sp³-hybridized carbons (Fsp3) is 0.318. The lowest BCUT2D eigenvalue weighted by Crippen LogP contribution is -2.56. The highest BCUT2D eigenvalue weighted by molar-refractivity contribution is 5.88. The second-order valence-electron chi connectivity index (χ2n) is 7.50. The van der Waals surface area contributed by atoms with E-state index in [4.69, 9.17) is 0 Å². The Labute approximate surface area is 169 Å². The molecule has 2 heterocycles. The van der Waals surface area contributed by atoms with Gasteiger partial charge in [0.2, 0.25) is 11.8 Å². The lowest BCUT2D eigenvalue weighted by atomic mass is 10.1. The summed E-state index contributed by atoms with van der Waals surface area (Å²) in [4.78, 5) is 34.4. The number of nitrogens with zero attached hydrogens (tertiary/aromatic N) is 2. The molecule has 0 aliphatic carbocycles. The molecule has 7 nitrogen and oxygen atoms in total. The number of benzene rings is 2. The highest BCUT2D eigenvalue weighted by Gasteiger charge is 2.31. The number of carbonyl (C=O) groups is 2. The molecule has 4 rings (SSSR count). The zero-order valence-corrected chi connectivity index (χ0v) is 16.4. The first-order valence-corrected chi connectivity index (χ1v) is 9.84. The molecule has 1 aliphatic heterocycles. The van der Waals surface area contributed by atoms with Crippen LogP contribution in [0.15, 0.2) is 48.8 Å². The van der Waals surface area contributed by atoms with E-state index in [1.807, 2.05) is 24.3 Å². The van der Waals surface area contributed by atoms with Crippen LogP contribution < -0.4 is 10.6 Å². The van der Waals surface area contributed by atoms with E-state index in [0.29, 0.717) is 19.6 Å². The summed E-state index contributed by atoms with van der Waals surface area (Å²) >= 11 is 0. The van der Waals surface area contributed by atoms with E-state index in [-0.39, 0.29) is 18.2 Å². The van der Waals surface area contributed by atoms with Gasteiger partial charge in [0.05, 0.1) is 29.8 Å². The average Bonchev–Trinajstić information content (AvgIpc) is 3.17. The largest absolute Gasteiger partial charge is 0.353 e. The Balaban J connectivity index is 1.38. The van der Waals surface area contributed by atoms with Crippen molar-refractivity contribution in [2.75, 3.05) is 13.1 Å². The molecule has 1 fully saturated rings. The average molecular weight is 391 g/mol. The molecule has 0 saturated carbocycles. The van der Waals surface area contributed by atoms with E-state index in [2.05, 4.69) is 50.6 Å². The molecule has 0 bridgehead atoms. The van der Waals surface area contributed by atoms with Gasteiger partial charge in [-0.25, -0.2) is 4.98 Å². The summed E-state index contributed by atoms with van der Waals surface area (Å²) in [6.07, 6.45) is 1.79. The molecule has 150 valence electrons. The van der Waals surface area contributed by atoms with Crippen molar-refractivity contribution in [3.63, 3.8) is 0 Å². The molecule has 0 radical (unpaired) electrons. The monoisotopic (exact) mass is 391 g/mol. The second-order valence-corrected chi connectivity index (χ2v) is 7.50. The van der Waals surface area contributed by atoms with Crippen molar-refractivity contribution in [2.45, 2.75) is 32.5 Å². The molecule has 29 heavy (non-hydrogen) atoms. The molecule has 7 heteroatoms. The third kappa shape index (κ3) is 4.63. The Kier molecular flexibility index (Phi) is 5.57. The summed E-state index contributed by atoms with van der Waals surface area (Å²) in [7, 11) is 0. The minimum Gasteiger partial charge on any atom is -0.353 e. The van der Waals surface area contributed by atoms with Crippen molar-refractivity contribution in [1.82, 2.24) is 25.5 Å². The van der Waals surface area contributed by atoms with E-state index in [0.717, 1.165) is 28.7 Å². The molecule has 1 atom stereocenters. The molecule has 0 spiro atoms. The van der Waals surface area contributed by atoms with Crippen molar-refractivity contribution in [3.8, 4) is 0 Å². The standard InChI is InChI=1S/C22H25N5O2/c1-15-3-2-4-17(9-15)13-27-8-7-23-22(29)20(27)11-21(28)24-12-16-5-6-18-19(10-16)26-14-25-18/h2-6,9-10,14,20H,7-8,11-13H2,1H3,(H,23,29)(H,24,28)(H,25,26)/t20-/m0/s1. The minimum absolute atomic E-state index is 0.0852. The first-order chi connectivity index (χ1) is 14.1. The maximum absolute atomic E-state index is 12.6. The van der Waals surface area contributed by atoms with Crippen molar-refractivity contribution >= 4 is 22.8 Å². The van der Waals surface area contributed by atoms with Gasteiger partial charge in [-0.05, 0) is 30.2 Å². The topological polar surface area (TPSA) is 90.1 Å². The number of imidazole rings is 1. The molecular formula is C22H25N5O2. The fourth-order valence-corrected chi connectivity index (χ4v) is 3.76. The Bertz CT molecular complexity index is 1030. The summed E-state index contributed by atoms with van der Waals surface area (Å²) in [5.41, 5.74) is 5.16. The summed E-state index contributed by atoms with van der Waals surface area (Å²) in [6, 6.07) is 13.6. The maximum atomic E-state index is 12.6. The lowest BCUT2D eigenvalue weighted by Gasteiger charge is -2.34. The van der Waals surface area contributed by atoms with Gasteiger partial charge in [-0.1, -0.05) is 35.9 Å². The Morgan fingerprint density at radius 1 is 1.24 bits per heavy atom. The van der Waals surface area contributed by atoms with Gasteiger partial charge in [-0.15, -0.1) is 0 Å². The number of fused-ring (bicyclic) bond motifs is 1. The molecule has 1 aliphatic rings. The van der Waals surface area contributed by atoms with E-state index >= 15 is 0 Å². The highest BCUT2D eigenvalue weighted by atomic mass is 16.2. The smallest absolute Gasteiger partial charge is 0.237 e. The predicted octanol–water partition coefficient (Wildman–Crippen LogP) is 1.88. The fourth-order valence-electron chi connectivity index (χ4n) is 3.76. The first kappa shape index (κ1) is 19.1. The van der Waals surface area contributed by atoms with Gasteiger partial charge >= 0.3 is 0 Å². The van der Waals surface area contributed by atoms with Gasteiger partial charge in [-0.2, -0.15) is 0 Å². The molecule has 3 N–H and O–H groups in total. The van der Waals surface area contributed by atoms with Gasteiger partial charge in [0.25, 0.3) is 0 Å². The number of H-pyrrole nitrogens is 1. The van der Waals surface area contributed by atoms with Crippen LogP contribution in [0.25, 0.3) is 11.0 Å². The summed E-state index contributed by atoms with van der Waals surface area (Å²) < 4.78 is 0. The van der Waals surface area contributed by atoms with Crippen molar-refractivity contribution in [3.05, 3.63) is 65.5 Å². The van der Waals surface area contributed by atoms with E-state index < -0.39 is 6.04 Å². The van der Waals surface area contributed by atoms with Crippen LogP contribution in [-0.2, 0) is 22.7 Å². The predicted molar refractivity (Wildman–Crippen MR) is 111 cm³/mol. The first-order valence-electron chi connectivity index (χ1n) is 9.84. The number of aromatic amines is 1. The van der Waals surface area contributed by atoms with Crippen LogP contribution in [0.1, 0.15) is 23.1 Å². The van der Waals surface area contributed by atoms with Crippen molar-refractivity contribution < 1.29 is 9.59 Å². The van der Waals surface area contributed by atoms with Crippen LogP contribution in [0.4, 0.5) is 0 Å². The number of aromatic nitrogens is 2. The molecular weight excluding hydrogens is 366 g/mol. The normalized spacial score (nSPS) is 17.3. The number of nitrogens with one attached hydrogen (secondary N) is 3. The van der Waals surface area contributed by atoms with Crippen LogP contribution >= 0.6 is 0 Å². The van der Waals surface area contributed by atoms with Crippen LogP contribution in [0.5, 0.6) is 0 Å². The second kappa shape index (κ2) is 8.45. The van der Waals surface area contributed by atoms with Gasteiger partial charge in [-0.3, -0.25) is 14.5 Å². The van der Waals surface area contributed by atoms with E-state index in [1.54, 1.807) is 6.33 Å². The summed E-state index contributed by atoms with van der Waals surface area (Å²) in [5, 5.41) is 5.82. The number of rotatable bonds is 6. The molecule has 1 saturated heterocycles.